The van der Waals surface area contributed by atoms with E-state index in [4.69, 9.17) is 4.74 Å². The van der Waals surface area contributed by atoms with E-state index < -0.39 is 6.10 Å². The van der Waals surface area contributed by atoms with Crippen molar-refractivity contribution in [2.24, 2.45) is 0 Å². The molecule has 4 nitrogen and oxygen atoms in total. The first-order valence-electron chi connectivity index (χ1n) is 10.9. The molecule has 0 radical (unpaired) electrons. The Morgan fingerprint density at radius 3 is 2.40 bits per heavy atom. The van der Waals surface area contributed by atoms with Crippen LogP contribution in [0, 0.1) is 0 Å². The lowest BCUT2D eigenvalue weighted by molar-refractivity contribution is -0.128. The van der Waals surface area contributed by atoms with Crippen molar-refractivity contribution in [1.29, 1.82) is 0 Å². The lowest BCUT2D eigenvalue weighted by Crippen LogP contribution is -2.37. The van der Waals surface area contributed by atoms with Gasteiger partial charge < -0.3 is 10.1 Å². The third kappa shape index (κ3) is 5.19. The Balaban J connectivity index is 1.31. The zero-order valence-electron chi connectivity index (χ0n) is 17.6. The second-order valence-corrected chi connectivity index (χ2v) is 8.04. The molecule has 4 rings (SSSR count). The van der Waals surface area contributed by atoms with Gasteiger partial charge in [-0.3, -0.25) is 9.69 Å². The molecule has 1 heterocycles. The van der Waals surface area contributed by atoms with E-state index in [1.807, 2.05) is 37.3 Å². The van der Waals surface area contributed by atoms with Crippen LogP contribution in [0.2, 0.25) is 0 Å². The van der Waals surface area contributed by atoms with Crippen molar-refractivity contribution in [2.75, 3.05) is 13.1 Å². The van der Waals surface area contributed by atoms with Crippen molar-refractivity contribution < 1.29 is 9.53 Å². The predicted molar refractivity (Wildman–Crippen MR) is 121 cm³/mol. The predicted octanol–water partition coefficient (Wildman–Crippen LogP) is 4.91. The highest BCUT2D eigenvalue weighted by Crippen LogP contribution is 2.22. The number of nitrogens with one attached hydrogen (secondary N) is 1. The number of ether oxygens (including phenoxy) is 1. The molecule has 0 aliphatic carbocycles. The van der Waals surface area contributed by atoms with Crippen LogP contribution in [0.5, 0.6) is 5.75 Å². The first-order chi connectivity index (χ1) is 14.7. The van der Waals surface area contributed by atoms with Crippen LogP contribution in [0.3, 0.4) is 0 Å². The molecule has 3 aromatic carbocycles. The third-order valence-electron chi connectivity index (χ3n) is 5.76. The number of carbonyl (C=O) groups is 1. The van der Waals surface area contributed by atoms with Gasteiger partial charge in [0.25, 0.3) is 5.91 Å². The molecular formula is C26H30N2O2. The van der Waals surface area contributed by atoms with Gasteiger partial charge in [0, 0.05) is 13.1 Å². The maximum Gasteiger partial charge on any atom is 0.261 e. The van der Waals surface area contributed by atoms with Crippen molar-refractivity contribution >= 4 is 16.7 Å². The maximum absolute atomic E-state index is 12.7. The highest BCUT2D eigenvalue weighted by Gasteiger charge is 2.18. The van der Waals surface area contributed by atoms with E-state index in [0.717, 1.165) is 28.6 Å². The number of likely N-dealkylation sites (tertiary alicyclic amines) is 1. The summed E-state index contributed by atoms with van der Waals surface area (Å²) in [5, 5.41) is 5.30. The minimum Gasteiger partial charge on any atom is -0.481 e. The molecule has 1 atom stereocenters. The van der Waals surface area contributed by atoms with Gasteiger partial charge in [0.05, 0.1) is 0 Å². The number of benzene rings is 3. The highest BCUT2D eigenvalue weighted by molar-refractivity contribution is 5.84. The standard InChI is InChI=1S/C26H30N2O2/c1-2-25(30-24-14-13-22-7-3-4-8-23(22)17-24)26(29)27-18-20-9-11-21(12-10-20)19-28-15-5-6-16-28/h3-4,7-14,17,25H,2,5-6,15-16,18-19H2,1H3,(H,27,29)/t25-/m0/s1. The van der Waals surface area contributed by atoms with Gasteiger partial charge in [-0.1, -0.05) is 61.5 Å². The summed E-state index contributed by atoms with van der Waals surface area (Å²) in [5.74, 6) is 0.647. The number of hydrogen-bond donors (Lipinski definition) is 1. The number of fused-ring (bicyclic) bond motifs is 1. The lowest BCUT2D eigenvalue weighted by Gasteiger charge is -2.18. The van der Waals surface area contributed by atoms with Gasteiger partial charge in [-0.25, -0.2) is 0 Å². The number of rotatable bonds is 8. The topological polar surface area (TPSA) is 41.6 Å². The van der Waals surface area contributed by atoms with E-state index in [1.54, 1.807) is 0 Å². The fourth-order valence-electron chi connectivity index (χ4n) is 3.99. The normalized spacial score (nSPS) is 15.2. The summed E-state index contributed by atoms with van der Waals surface area (Å²) < 4.78 is 6.00. The van der Waals surface area contributed by atoms with Gasteiger partial charge >= 0.3 is 0 Å². The van der Waals surface area contributed by atoms with E-state index in [0.29, 0.717) is 13.0 Å². The molecule has 3 aromatic rings. The summed E-state index contributed by atoms with van der Waals surface area (Å²) in [6.45, 7) is 5.91. The van der Waals surface area contributed by atoms with Crippen molar-refractivity contribution in [3.8, 4) is 5.75 Å². The SMILES string of the molecule is CC[C@H](Oc1ccc2ccccc2c1)C(=O)NCc1ccc(CN2CCCC2)cc1. The minimum atomic E-state index is -0.499. The molecule has 4 heteroatoms. The maximum atomic E-state index is 12.7. The van der Waals surface area contributed by atoms with Crippen LogP contribution < -0.4 is 10.1 Å². The Kier molecular flexibility index (Phi) is 6.65. The van der Waals surface area contributed by atoms with Gasteiger partial charge in [-0.05, 0) is 66.4 Å². The average Bonchev–Trinajstić information content (AvgIpc) is 3.29. The van der Waals surface area contributed by atoms with Gasteiger partial charge in [-0.2, -0.15) is 0 Å². The largest absolute Gasteiger partial charge is 0.481 e. The third-order valence-corrected chi connectivity index (χ3v) is 5.76. The Morgan fingerprint density at radius 1 is 0.967 bits per heavy atom. The number of carbonyl (C=O) groups excluding carboxylic acids is 1. The summed E-state index contributed by atoms with van der Waals surface area (Å²) in [7, 11) is 0. The fourth-order valence-corrected chi connectivity index (χ4v) is 3.99. The van der Waals surface area contributed by atoms with Gasteiger partial charge in [-0.15, -0.1) is 0 Å². The number of nitrogens with zero attached hydrogens (tertiary/aromatic N) is 1. The Labute approximate surface area is 178 Å². The molecular weight excluding hydrogens is 372 g/mol. The van der Waals surface area contributed by atoms with E-state index in [-0.39, 0.29) is 5.91 Å². The summed E-state index contributed by atoms with van der Waals surface area (Å²) >= 11 is 0. The molecule has 30 heavy (non-hydrogen) atoms. The van der Waals surface area contributed by atoms with E-state index >= 15 is 0 Å². The van der Waals surface area contributed by atoms with Gasteiger partial charge in [0.1, 0.15) is 5.75 Å². The summed E-state index contributed by atoms with van der Waals surface area (Å²) in [5.41, 5.74) is 2.44. The first kappa shape index (κ1) is 20.4. The van der Waals surface area contributed by atoms with Crippen molar-refractivity contribution in [1.82, 2.24) is 10.2 Å². The van der Waals surface area contributed by atoms with E-state index in [2.05, 4.69) is 46.6 Å². The second kappa shape index (κ2) is 9.77. The van der Waals surface area contributed by atoms with Gasteiger partial charge in [0.15, 0.2) is 6.10 Å². The zero-order chi connectivity index (χ0) is 20.8. The second-order valence-electron chi connectivity index (χ2n) is 8.04. The van der Waals surface area contributed by atoms with E-state index in [9.17, 15) is 4.79 Å². The van der Waals surface area contributed by atoms with Crippen LogP contribution >= 0.6 is 0 Å². The quantitative estimate of drug-likeness (QED) is 0.582. The molecule has 1 N–H and O–H groups in total. The Hall–Kier alpha value is -2.85. The molecule has 0 unspecified atom stereocenters. The van der Waals surface area contributed by atoms with Gasteiger partial charge in [0.2, 0.25) is 0 Å². The Bertz CT molecular complexity index is 978. The summed E-state index contributed by atoms with van der Waals surface area (Å²) in [6.07, 6.45) is 2.74. The first-order valence-corrected chi connectivity index (χ1v) is 10.9. The molecule has 1 amide bonds. The monoisotopic (exact) mass is 402 g/mol. The number of hydrogen-bond acceptors (Lipinski definition) is 3. The molecule has 0 bridgehead atoms. The van der Waals surface area contributed by atoms with Crippen LogP contribution in [0.1, 0.15) is 37.3 Å². The van der Waals surface area contributed by atoms with Crippen LogP contribution in [0.25, 0.3) is 10.8 Å². The summed E-state index contributed by atoms with van der Waals surface area (Å²) in [6, 6.07) is 22.6. The van der Waals surface area contributed by atoms with Crippen molar-refractivity contribution in [3.05, 3.63) is 77.9 Å². The smallest absolute Gasteiger partial charge is 0.261 e. The highest BCUT2D eigenvalue weighted by atomic mass is 16.5. The molecule has 0 saturated carbocycles. The fraction of sp³-hybridized carbons (Fsp3) is 0.346. The van der Waals surface area contributed by atoms with Crippen LogP contribution in [0.15, 0.2) is 66.7 Å². The van der Waals surface area contributed by atoms with Crippen LogP contribution in [-0.2, 0) is 17.9 Å². The molecule has 1 aliphatic rings. The zero-order valence-corrected chi connectivity index (χ0v) is 17.6. The number of amides is 1. The van der Waals surface area contributed by atoms with Crippen molar-refractivity contribution in [3.63, 3.8) is 0 Å². The van der Waals surface area contributed by atoms with E-state index in [1.165, 1.54) is 31.5 Å². The molecule has 156 valence electrons. The Morgan fingerprint density at radius 2 is 1.67 bits per heavy atom. The molecule has 1 saturated heterocycles. The van der Waals surface area contributed by atoms with Crippen LogP contribution in [0.4, 0.5) is 0 Å². The molecule has 0 spiro atoms. The average molecular weight is 403 g/mol. The molecule has 1 aliphatic heterocycles. The lowest BCUT2D eigenvalue weighted by atomic mass is 10.1. The molecule has 1 fully saturated rings. The minimum absolute atomic E-state index is 0.0770. The van der Waals surface area contributed by atoms with Crippen LogP contribution in [-0.4, -0.2) is 30.0 Å². The molecule has 0 aromatic heterocycles. The van der Waals surface area contributed by atoms with Crippen molar-refractivity contribution in [2.45, 2.75) is 45.4 Å². The summed E-state index contributed by atoms with van der Waals surface area (Å²) in [4.78, 5) is 15.2.